The molecule has 3 heteroatoms. The zero-order valence-electron chi connectivity index (χ0n) is 10.8. The summed E-state index contributed by atoms with van der Waals surface area (Å²) in [5, 5.41) is 3.59. The second kappa shape index (κ2) is 6.46. The Hall–Kier alpha value is -0.120. The Balaban J connectivity index is 2.12. The third kappa shape index (κ3) is 5.50. The van der Waals surface area contributed by atoms with Crippen LogP contribution in [-0.4, -0.2) is 62.2 Å². The van der Waals surface area contributed by atoms with Crippen LogP contribution in [0.3, 0.4) is 0 Å². The number of nitrogens with one attached hydrogen (secondary N) is 1. The standard InChI is InChI=1S/C12H27N3/c1-11(2)9-13-12(3)10-15-7-5-14(4)6-8-15/h11-13H,5-10H2,1-4H3. The van der Waals surface area contributed by atoms with Gasteiger partial charge in [-0.3, -0.25) is 4.90 Å². The van der Waals surface area contributed by atoms with Crippen molar-refractivity contribution in [3.05, 3.63) is 0 Å². The van der Waals surface area contributed by atoms with E-state index in [1.54, 1.807) is 0 Å². The molecule has 0 spiro atoms. The molecule has 0 bridgehead atoms. The van der Waals surface area contributed by atoms with Gasteiger partial charge >= 0.3 is 0 Å². The predicted octanol–water partition coefficient (Wildman–Crippen LogP) is 0.868. The lowest BCUT2D eigenvalue weighted by Crippen LogP contribution is -2.49. The highest BCUT2D eigenvalue weighted by Gasteiger charge is 2.15. The number of likely N-dealkylation sites (N-methyl/N-ethyl adjacent to an activating group) is 1. The minimum Gasteiger partial charge on any atom is -0.313 e. The topological polar surface area (TPSA) is 18.5 Å². The highest BCUT2D eigenvalue weighted by atomic mass is 15.3. The average molecular weight is 213 g/mol. The van der Waals surface area contributed by atoms with Gasteiger partial charge < -0.3 is 10.2 Å². The fourth-order valence-electron chi connectivity index (χ4n) is 1.92. The van der Waals surface area contributed by atoms with Gasteiger partial charge in [0.25, 0.3) is 0 Å². The molecule has 1 atom stereocenters. The molecular formula is C12H27N3. The maximum atomic E-state index is 3.59. The molecule has 0 amide bonds. The first-order valence-electron chi connectivity index (χ1n) is 6.22. The zero-order chi connectivity index (χ0) is 11.3. The van der Waals surface area contributed by atoms with Crippen molar-refractivity contribution in [2.24, 2.45) is 5.92 Å². The van der Waals surface area contributed by atoms with Gasteiger partial charge in [0.15, 0.2) is 0 Å². The van der Waals surface area contributed by atoms with Crippen LogP contribution >= 0.6 is 0 Å². The summed E-state index contributed by atoms with van der Waals surface area (Å²) in [6.45, 7) is 14.0. The number of nitrogens with zero attached hydrogens (tertiary/aromatic N) is 2. The van der Waals surface area contributed by atoms with E-state index < -0.39 is 0 Å². The molecule has 90 valence electrons. The van der Waals surface area contributed by atoms with Crippen LogP contribution in [0.2, 0.25) is 0 Å². The fourth-order valence-corrected chi connectivity index (χ4v) is 1.92. The van der Waals surface area contributed by atoms with E-state index in [1.165, 1.54) is 32.7 Å². The van der Waals surface area contributed by atoms with Gasteiger partial charge in [-0.25, -0.2) is 0 Å². The van der Waals surface area contributed by atoms with Gasteiger partial charge in [-0.1, -0.05) is 13.8 Å². The second-order valence-corrected chi connectivity index (χ2v) is 5.31. The van der Waals surface area contributed by atoms with Crippen LogP contribution in [0.15, 0.2) is 0 Å². The summed E-state index contributed by atoms with van der Waals surface area (Å²) in [7, 11) is 2.21. The molecule has 1 fully saturated rings. The average Bonchev–Trinajstić information content (AvgIpc) is 2.19. The molecular weight excluding hydrogens is 186 g/mol. The lowest BCUT2D eigenvalue weighted by Gasteiger charge is -2.34. The monoisotopic (exact) mass is 213 g/mol. The molecule has 0 aliphatic carbocycles. The predicted molar refractivity (Wildman–Crippen MR) is 66.2 cm³/mol. The van der Waals surface area contributed by atoms with Crippen molar-refractivity contribution in [1.82, 2.24) is 15.1 Å². The van der Waals surface area contributed by atoms with Crippen molar-refractivity contribution in [3.63, 3.8) is 0 Å². The molecule has 1 N–H and O–H groups in total. The SMILES string of the molecule is CC(C)CNC(C)CN1CCN(C)CC1. The van der Waals surface area contributed by atoms with Crippen molar-refractivity contribution in [2.45, 2.75) is 26.8 Å². The van der Waals surface area contributed by atoms with Gasteiger partial charge in [-0.15, -0.1) is 0 Å². The molecule has 1 saturated heterocycles. The van der Waals surface area contributed by atoms with Crippen LogP contribution in [0, 0.1) is 5.92 Å². The number of piperazine rings is 1. The van der Waals surface area contributed by atoms with Gasteiger partial charge in [0.2, 0.25) is 0 Å². The Morgan fingerprint density at radius 3 is 2.20 bits per heavy atom. The largest absolute Gasteiger partial charge is 0.313 e. The highest BCUT2D eigenvalue weighted by molar-refractivity contribution is 4.74. The third-order valence-corrected chi connectivity index (χ3v) is 3.00. The summed E-state index contributed by atoms with van der Waals surface area (Å²) >= 11 is 0. The lowest BCUT2D eigenvalue weighted by atomic mass is 10.2. The van der Waals surface area contributed by atoms with E-state index in [0.717, 1.165) is 12.5 Å². The van der Waals surface area contributed by atoms with Gasteiger partial charge in [-0.2, -0.15) is 0 Å². The molecule has 1 aliphatic heterocycles. The summed E-state index contributed by atoms with van der Waals surface area (Å²) < 4.78 is 0. The first-order valence-corrected chi connectivity index (χ1v) is 6.22. The summed E-state index contributed by atoms with van der Waals surface area (Å²) in [5.41, 5.74) is 0. The van der Waals surface area contributed by atoms with E-state index in [0.29, 0.717) is 6.04 Å². The van der Waals surface area contributed by atoms with Crippen LogP contribution in [0.25, 0.3) is 0 Å². The van der Waals surface area contributed by atoms with E-state index >= 15 is 0 Å². The minimum absolute atomic E-state index is 0.621. The van der Waals surface area contributed by atoms with Crippen LogP contribution in [0.1, 0.15) is 20.8 Å². The van der Waals surface area contributed by atoms with Crippen LogP contribution in [0.5, 0.6) is 0 Å². The van der Waals surface area contributed by atoms with E-state index in [-0.39, 0.29) is 0 Å². The van der Waals surface area contributed by atoms with Gasteiger partial charge in [0, 0.05) is 38.8 Å². The molecule has 1 unspecified atom stereocenters. The quantitative estimate of drug-likeness (QED) is 0.731. The molecule has 15 heavy (non-hydrogen) atoms. The Morgan fingerprint density at radius 2 is 1.67 bits per heavy atom. The molecule has 1 rings (SSSR count). The molecule has 0 radical (unpaired) electrons. The Labute approximate surface area is 94.8 Å². The van der Waals surface area contributed by atoms with Crippen molar-refractivity contribution in [2.75, 3.05) is 46.3 Å². The number of rotatable bonds is 5. The van der Waals surface area contributed by atoms with Crippen molar-refractivity contribution in [3.8, 4) is 0 Å². The summed E-state index contributed by atoms with van der Waals surface area (Å²) in [5.74, 6) is 0.750. The Bertz CT molecular complexity index is 162. The van der Waals surface area contributed by atoms with Gasteiger partial charge in [-0.05, 0) is 26.4 Å². The highest BCUT2D eigenvalue weighted by Crippen LogP contribution is 2.00. The smallest absolute Gasteiger partial charge is 0.0166 e. The molecule has 1 aliphatic rings. The number of hydrogen-bond donors (Lipinski definition) is 1. The second-order valence-electron chi connectivity index (χ2n) is 5.31. The Morgan fingerprint density at radius 1 is 1.07 bits per heavy atom. The molecule has 0 aromatic heterocycles. The normalized spacial score (nSPS) is 22.2. The lowest BCUT2D eigenvalue weighted by molar-refractivity contribution is 0.144. The molecule has 0 aromatic carbocycles. The molecule has 1 heterocycles. The number of hydrogen-bond acceptors (Lipinski definition) is 3. The third-order valence-electron chi connectivity index (χ3n) is 3.00. The minimum atomic E-state index is 0.621. The van der Waals surface area contributed by atoms with Crippen LogP contribution in [0.4, 0.5) is 0 Å². The zero-order valence-corrected chi connectivity index (χ0v) is 10.8. The summed E-state index contributed by atoms with van der Waals surface area (Å²) in [4.78, 5) is 4.97. The van der Waals surface area contributed by atoms with Crippen LogP contribution in [-0.2, 0) is 0 Å². The van der Waals surface area contributed by atoms with Crippen molar-refractivity contribution in [1.29, 1.82) is 0 Å². The van der Waals surface area contributed by atoms with E-state index in [4.69, 9.17) is 0 Å². The van der Waals surface area contributed by atoms with Gasteiger partial charge in [0.05, 0.1) is 0 Å². The van der Waals surface area contributed by atoms with Crippen molar-refractivity contribution >= 4 is 0 Å². The first kappa shape index (κ1) is 12.9. The summed E-state index contributed by atoms with van der Waals surface area (Å²) in [6.07, 6.45) is 0. The molecule has 3 nitrogen and oxygen atoms in total. The first-order chi connectivity index (χ1) is 7.08. The van der Waals surface area contributed by atoms with Crippen LogP contribution < -0.4 is 5.32 Å². The van der Waals surface area contributed by atoms with E-state index in [1.807, 2.05) is 0 Å². The van der Waals surface area contributed by atoms with E-state index in [2.05, 4.69) is 42.9 Å². The maximum absolute atomic E-state index is 3.59. The van der Waals surface area contributed by atoms with Gasteiger partial charge in [0.1, 0.15) is 0 Å². The Kier molecular flexibility index (Phi) is 5.58. The fraction of sp³-hybridized carbons (Fsp3) is 1.00. The van der Waals surface area contributed by atoms with E-state index in [9.17, 15) is 0 Å². The molecule has 0 aromatic rings. The molecule has 0 saturated carbocycles. The van der Waals surface area contributed by atoms with Crippen molar-refractivity contribution < 1.29 is 0 Å². The maximum Gasteiger partial charge on any atom is 0.0166 e. The summed E-state index contributed by atoms with van der Waals surface area (Å²) in [6, 6.07) is 0.621.